The number of rotatable bonds is 2. The van der Waals surface area contributed by atoms with Gasteiger partial charge in [-0.05, 0) is 29.8 Å². The third-order valence-corrected chi connectivity index (χ3v) is 6.61. The Hall–Kier alpha value is -3.44. The first-order valence-electron chi connectivity index (χ1n) is 10.0. The Labute approximate surface area is 187 Å². The summed E-state index contributed by atoms with van der Waals surface area (Å²) in [7, 11) is 0. The van der Waals surface area contributed by atoms with Crippen molar-refractivity contribution in [3.05, 3.63) is 117 Å². The number of fused-ring (bicyclic) bond motifs is 2. The van der Waals surface area contributed by atoms with Crippen molar-refractivity contribution < 1.29 is 14.3 Å². The Morgan fingerprint density at radius 1 is 0.806 bits per heavy atom. The zero-order valence-corrected chi connectivity index (χ0v) is 17.9. The number of hydrogen-bond acceptors (Lipinski definition) is 4. The fourth-order valence-corrected chi connectivity index (χ4v) is 5.06. The normalized spacial score (nSPS) is 19.4. The van der Waals surface area contributed by atoms with Gasteiger partial charge in [0.2, 0.25) is 0 Å². The molecule has 5 heteroatoms. The van der Waals surface area contributed by atoms with Crippen LogP contribution in [0, 0.1) is 0 Å². The van der Waals surface area contributed by atoms with Gasteiger partial charge in [0.25, 0.3) is 0 Å². The van der Waals surface area contributed by atoms with E-state index in [4.69, 9.17) is 4.74 Å². The number of allylic oxidation sites excluding steroid dienone is 1. The molecular weight excluding hydrogens is 454 g/mol. The zero-order valence-electron chi connectivity index (χ0n) is 16.3. The summed E-state index contributed by atoms with van der Waals surface area (Å²) in [5.41, 5.74) is 6.18. The third-order valence-electron chi connectivity index (χ3n) is 6.09. The molecule has 0 N–H and O–H groups in total. The van der Waals surface area contributed by atoms with Crippen molar-refractivity contribution in [2.24, 2.45) is 0 Å². The van der Waals surface area contributed by atoms with E-state index in [1.165, 1.54) is 0 Å². The van der Waals surface area contributed by atoms with E-state index in [2.05, 4.69) is 15.9 Å². The molecule has 3 aromatic rings. The van der Waals surface area contributed by atoms with Crippen molar-refractivity contribution in [3.63, 3.8) is 0 Å². The van der Waals surface area contributed by atoms with Gasteiger partial charge in [0.05, 0.1) is 17.0 Å². The quantitative estimate of drug-likeness (QED) is 0.466. The van der Waals surface area contributed by atoms with Crippen molar-refractivity contribution >= 4 is 39.1 Å². The fourth-order valence-electron chi connectivity index (χ4n) is 4.80. The number of anilines is 1. The second-order valence-corrected chi connectivity index (χ2v) is 8.64. The lowest BCUT2D eigenvalue weighted by atomic mass is 9.79. The molecule has 31 heavy (non-hydrogen) atoms. The van der Waals surface area contributed by atoms with Gasteiger partial charge in [-0.1, -0.05) is 70.5 Å². The summed E-state index contributed by atoms with van der Waals surface area (Å²) in [4.78, 5) is 28.7. The molecule has 0 aromatic heterocycles. The molecule has 1 unspecified atom stereocenters. The van der Waals surface area contributed by atoms with Crippen LogP contribution in [0.4, 0.5) is 5.69 Å². The number of ketones is 1. The molecule has 3 aliphatic rings. The third kappa shape index (κ3) is 2.60. The van der Waals surface area contributed by atoms with Gasteiger partial charge in [0.1, 0.15) is 6.61 Å². The maximum Gasteiger partial charge on any atom is 0.337 e. The smallest absolute Gasteiger partial charge is 0.337 e. The molecule has 0 bridgehead atoms. The van der Waals surface area contributed by atoms with E-state index >= 15 is 0 Å². The lowest BCUT2D eigenvalue weighted by molar-refractivity contribution is -0.136. The number of carbonyl (C=O) groups excluding carboxylic acids is 2. The van der Waals surface area contributed by atoms with Gasteiger partial charge in [0.15, 0.2) is 5.78 Å². The summed E-state index contributed by atoms with van der Waals surface area (Å²) >= 11 is 3.48. The van der Waals surface area contributed by atoms with Crippen LogP contribution in [0.25, 0.3) is 5.70 Å². The Kier molecular flexibility index (Phi) is 4.02. The number of halogens is 1. The lowest BCUT2D eigenvalue weighted by Gasteiger charge is -2.35. The van der Waals surface area contributed by atoms with E-state index in [0.717, 1.165) is 32.7 Å². The van der Waals surface area contributed by atoms with Crippen molar-refractivity contribution in [3.8, 4) is 0 Å². The molecule has 150 valence electrons. The largest absolute Gasteiger partial charge is 0.456 e. The molecular formula is C26H16BrNO3. The second kappa shape index (κ2) is 6.79. The first-order chi connectivity index (χ1) is 15.1. The Morgan fingerprint density at radius 3 is 2.23 bits per heavy atom. The van der Waals surface area contributed by atoms with Crippen LogP contribution in [0.1, 0.15) is 27.4 Å². The van der Waals surface area contributed by atoms with E-state index in [1.807, 2.05) is 83.8 Å². The highest BCUT2D eigenvalue weighted by Gasteiger charge is 2.49. The predicted octanol–water partition coefficient (Wildman–Crippen LogP) is 5.47. The van der Waals surface area contributed by atoms with Crippen molar-refractivity contribution in [2.45, 2.75) is 5.92 Å². The highest BCUT2D eigenvalue weighted by molar-refractivity contribution is 9.10. The summed E-state index contributed by atoms with van der Waals surface area (Å²) in [5.74, 6) is -0.863. The molecule has 1 atom stereocenters. The topological polar surface area (TPSA) is 46.6 Å². The summed E-state index contributed by atoms with van der Waals surface area (Å²) in [6.45, 7) is 0.184. The molecule has 2 heterocycles. The van der Waals surface area contributed by atoms with Crippen LogP contribution in [0.15, 0.2) is 100 Å². The monoisotopic (exact) mass is 469 g/mol. The Balaban J connectivity index is 1.68. The summed E-state index contributed by atoms with van der Waals surface area (Å²) in [6, 6.07) is 25.3. The molecule has 0 saturated carbocycles. The van der Waals surface area contributed by atoms with Crippen LogP contribution in [0.2, 0.25) is 0 Å². The van der Waals surface area contributed by atoms with Crippen molar-refractivity contribution in [1.29, 1.82) is 0 Å². The summed E-state index contributed by atoms with van der Waals surface area (Å²) in [5, 5.41) is 0. The molecule has 0 fully saturated rings. The van der Waals surface area contributed by atoms with Gasteiger partial charge in [-0.25, -0.2) is 4.79 Å². The van der Waals surface area contributed by atoms with Crippen LogP contribution >= 0.6 is 15.9 Å². The second-order valence-electron chi connectivity index (χ2n) is 7.73. The molecule has 0 saturated heterocycles. The molecule has 6 rings (SSSR count). The highest BCUT2D eigenvalue weighted by Crippen LogP contribution is 2.53. The molecule has 0 spiro atoms. The van der Waals surface area contributed by atoms with E-state index < -0.39 is 5.92 Å². The van der Waals surface area contributed by atoms with Crippen LogP contribution in [-0.4, -0.2) is 18.4 Å². The summed E-state index contributed by atoms with van der Waals surface area (Å²) < 4.78 is 6.45. The van der Waals surface area contributed by atoms with Gasteiger partial charge >= 0.3 is 5.97 Å². The average molecular weight is 470 g/mol. The highest BCUT2D eigenvalue weighted by atomic mass is 79.9. The predicted molar refractivity (Wildman–Crippen MR) is 121 cm³/mol. The van der Waals surface area contributed by atoms with E-state index in [9.17, 15) is 9.59 Å². The van der Waals surface area contributed by atoms with Crippen molar-refractivity contribution in [1.82, 2.24) is 0 Å². The number of hydrogen-bond donors (Lipinski definition) is 0. The number of para-hydroxylation sites is 1. The van der Waals surface area contributed by atoms with Crippen molar-refractivity contribution in [2.75, 3.05) is 11.5 Å². The van der Waals surface area contributed by atoms with E-state index in [0.29, 0.717) is 16.7 Å². The lowest BCUT2D eigenvalue weighted by Crippen LogP contribution is -2.30. The first-order valence-corrected chi connectivity index (χ1v) is 10.8. The van der Waals surface area contributed by atoms with Gasteiger partial charge in [0, 0.05) is 32.8 Å². The molecule has 0 radical (unpaired) electrons. The number of benzene rings is 3. The maximum atomic E-state index is 13.7. The van der Waals surface area contributed by atoms with Crippen LogP contribution in [0.3, 0.4) is 0 Å². The number of ether oxygens (including phenoxy) is 1. The molecule has 1 aliphatic carbocycles. The number of nitrogens with zero attached hydrogens (tertiary/aromatic N) is 1. The summed E-state index contributed by atoms with van der Waals surface area (Å²) in [6.07, 6.45) is 0. The van der Waals surface area contributed by atoms with Crippen LogP contribution in [-0.2, 0) is 9.53 Å². The van der Waals surface area contributed by atoms with Crippen LogP contribution in [0.5, 0.6) is 0 Å². The minimum Gasteiger partial charge on any atom is -0.456 e. The van der Waals surface area contributed by atoms with E-state index in [-0.39, 0.29) is 18.4 Å². The van der Waals surface area contributed by atoms with Gasteiger partial charge in [-0.2, -0.15) is 0 Å². The number of esters is 1. The molecule has 0 amide bonds. The van der Waals surface area contributed by atoms with Gasteiger partial charge in [-0.3, -0.25) is 4.79 Å². The number of carbonyl (C=O) groups is 2. The molecule has 4 nitrogen and oxygen atoms in total. The van der Waals surface area contributed by atoms with Gasteiger partial charge < -0.3 is 9.64 Å². The number of Topliss-reactive ketones (excluding diaryl/α,β-unsaturated/α-hetero) is 1. The SMILES string of the molecule is O=C1OCC2=C1C(c1ccc(Br)cc1)C1=C(c3ccccc3C1=O)N2c1ccccc1. The number of cyclic esters (lactones) is 1. The Morgan fingerprint density at radius 2 is 1.48 bits per heavy atom. The fraction of sp³-hybridized carbons (Fsp3) is 0.0769. The minimum absolute atomic E-state index is 0.0364. The molecule has 2 aliphatic heterocycles. The standard InChI is InChI=1S/C26H16BrNO3/c27-16-12-10-15(11-13-16)21-22-20(14-31-26(22)30)28(17-6-2-1-3-7-17)24-18-8-4-5-9-19(18)25(29)23(21)24/h1-13,21H,14H2. The average Bonchev–Trinajstić information content (AvgIpc) is 3.32. The minimum atomic E-state index is -0.465. The maximum absolute atomic E-state index is 13.7. The van der Waals surface area contributed by atoms with Gasteiger partial charge in [-0.15, -0.1) is 0 Å². The zero-order chi connectivity index (χ0) is 21.1. The molecule has 3 aromatic carbocycles. The first kappa shape index (κ1) is 18.3. The van der Waals surface area contributed by atoms with E-state index in [1.54, 1.807) is 0 Å². The van der Waals surface area contributed by atoms with Crippen LogP contribution < -0.4 is 4.90 Å². The Bertz CT molecular complexity index is 1320.